The molecule has 0 bridgehead atoms. The monoisotopic (exact) mass is 1410 g/mol. The number of aliphatic hydroxyl groups is 16. The van der Waals surface area contributed by atoms with Crippen LogP contribution in [0.5, 0.6) is 0 Å². The second-order valence-electron chi connectivity index (χ2n) is 29.4. The van der Waals surface area contributed by atoms with Gasteiger partial charge in [-0.05, 0) is 74.7 Å². The van der Waals surface area contributed by atoms with Crippen molar-refractivity contribution in [2.75, 3.05) is 46.2 Å². The van der Waals surface area contributed by atoms with Gasteiger partial charge in [0.05, 0.1) is 82.7 Å². The third-order valence-corrected chi connectivity index (χ3v) is 23.4. The lowest BCUT2D eigenvalue weighted by Gasteiger charge is -2.61. The molecule has 4 aliphatic carbocycles. The maximum atomic E-state index is 12.8. The molecule has 34 nitrogen and oxygen atoms in total. The number of rotatable bonds is 17. The molecule has 0 amide bonds. The first-order valence-electron chi connectivity index (χ1n) is 33.8. The van der Waals surface area contributed by atoms with Gasteiger partial charge in [0.1, 0.15) is 115 Å². The molecule has 1 spiro atoms. The minimum absolute atomic E-state index is 0.0417. The van der Waals surface area contributed by atoms with Crippen molar-refractivity contribution >= 4 is 11.9 Å². The number of fused-ring (bicyclic) bond motifs is 7. The van der Waals surface area contributed by atoms with E-state index in [1.165, 1.54) is 20.8 Å². The summed E-state index contributed by atoms with van der Waals surface area (Å²) in [6, 6.07) is 0. The molecule has 16 N–H and O–H groups in total. The van der Waals surface area contributed by atoms with Gasteiger partial charge in [-0.2, -0.15) is 0 Å². The summed E-state index contributed by atoms with van der Waals surface area (Å²) in [7, 11) is 0. The molecule has 8 heterocycles. The van der Waals surface area contributed by atoms with Gasteiger partial charge in [0.2, 0.25) is 5.79 Å². The van der Waals surface area contributed by atoms with E-state index in [-0.39, 0.29) is 49.4 Å². The fourth-order valence-corrected chi connectivity index (χ4v) is 18.2. The van der Waals surface area contributed by atoms with Crippen molar-refractivity contribution in [1.82, 2.24) is 0 Å². The number of hydrogen-bond donors (Lipinski definition) is 16. The Morgan fingerprint density at radius 1 is 0.633 bits per heavy atom. The first-order valence-corrected chi connectivity index (χ1v) is 33.8. The molecular weight excluding hydrogens is 1310 g/mol. The Bertz CT molecular complexity index is 2840. The van der Waals surface area contributed by atoms with E-state index in [1.54, 1.807) is 0 Å². The molecule has 0 radical (unpaired) electrons. The van der Waals surface area contributed by atoms with Gasteiger partial charge in [-0.25, -0.2) is 0 Å². The van der Waals surface area contributed by atoms with Crippen LogP contribution in [0.1, 0.15) is 80.1 Å². The molecule has 98 heavy (non-hydrogen) atoms. The summed E-state index contributed by atoms with van der Waals surface area (Å²) in [5, 5.41) is 177. The zero-order valence-corrected chi connectivity index (χ0v) is 55.2. The van der Waals surface area contributed by atoms with Gasteiger partial charge in [0.25, 0.3) is 0 Å². The van der Waals surface area contributed by atoms with Crippen molar-refractivity contribution in [2.24, 2.45) is 40.4 Å². The van der Waals surface area contributed by atoms with E-state index in [0.717, 1.165) is 12.5 Å². The van der Waals surface area contributed by atoms with Gasteiger partial charge < -0.3 is 157 Å². The van der Waals surface area contributed by atoms with Crippen LogP contribution < -0.4 is 0 Å². The Labute approximate surface area is 563 Å². The predicted molar refractivity (Wildman–Crippen MR) is 317 cm³/mol. The maximum absolute atomic E-state index is 12.8. The van der Waals surface area contributed by atoms with E-state index in [1.807, 2.05) is 0 Å². The van der Waals surface area contributed by atoms with E-state index < -0.39 is 263 Å². The molecule has 8 aliphatic heterocycles. The van der Waals surface area contributed by atoms with Crippen LogP contribution in [0.4, 0.5) is 0 Å². The summed E-state index contributed by atoms with van der Waals surface area (Å²) in [5.41, 5.74) is -2.55. The predicted octanol–water partition coefficient (Wildman–Crippen LogP) is -6.42. The first-order chi connectivity index (χ1) is 46.3. The average molecular weight is 1410 g/mol. The molecule has 34 heteroatoms. The van der Waals surface area contributed by atoms with Crippen molar-refractivity contribution in [3.8, 4) is 0 Å². The normalized spacial score (nSPS) is 54.1. The number of hydrogen-bond acceptors (Lipinski definition) is 34. The molecule has 558 valence electrons. The molecule has 5 unspecified atom stereocenters. The van der Waals surface area contributed by atoms with E-state index in [4.69, 9.17) is 75.8 Å². The summed E-state index contributed by atoms with van der Waals surface area (Å²) in [4.78, 5) is 25.4. The zero-order chi connectivity index (χ0) is 70.7. The summed E-state index contributed by atoms with van der Waals surface area (Å²) in [6.07, 6.45) is -42.2. The van der Waals surface area contributed by atoms with Crippen LogP contribution in [0.2, 0.25) is 0 Å². The van der Waals surface area contributed by atoms with E-state index in [0.29, 0.717) is 25.7 Å². The van der Waals surface area contributed by atoms with Gasteiger partial charge in [-0.15, -0.1) is 0 Å². The fourth-order valence-electron chi connectivity index (χ4n) is 18.2. The van der Waals surface area contributed by atoms with E-state index in [2.05, 4.69) is 26.5 Å². The average Bonchev–Trinajstić information content (AvgIpc) is 1.59. The largest absolute Gasteiger partial charge is 0.465 e. The summed E-state index contributed by atoms with van der Waals surface area (Å²) < 4.78 is 98.6. The van der Waals surface area contributed by atoms with Crippen LogP contribution in [0.3, 0.4) is 0 Å². The van der Waals surface area contributed by atoms with Gasteiger partial charge in [0.15, 0.2) is 43.8 Å². The Hall–Kier alpha value is -2.78. The highest BCUT2D eigenvalue weighted by Gasteiger charge is 2.74. The quantitative estimate of drug-likeness (QED) is 0.0476. The smallest absolute Gasteiger partial charge is 0.303 e. The summed E-state index contributed by atoms with van der Waals surface area (Å²) in [6.45, 7) is 9.84. The molecule has 39 atom stereocenters. The molecule has 8 saturated heterocycles. The number of allylic oxidation sites excluding steroid dienone is 1. The lowest BCUT2D eigenvalue weighted by Crippen LogP contribution is -2.66. The van der Waals surface area contributed by atoms with Crippen molar-refractivity contribution in [1.29, 1.82) is 0 Å². The molecule has 11 fully saturated rings. The topological polar surface area (TPSA) is 506 Å². The van der Waals surface area contributed by atoms with Gasteiger partial charge in [-0.3, -0.25) is 9.59 Å². The molecule has 0 aromatic rings. The van der Waals surface area contributed by atoms with Crippen molar-refractivity contribution in [3.05, 3.63) is 23.8 Å². The minimum atomic E-state index is -2.17. The van der Waals surface area contributed by atoms with Crippen LogP contribution in [0, 0.1) is 40.4 Å². The lowest BCUT2D eigenvalue weighted by molar-refractivity contribution is -0.387. The molecule has 12 rings (SSSR count). The number of esters is 2. The highest BCUT2D eigenvalue weighted by Crippen LogP contribution is 2.71. The lowest BCUT2D eigenvalue weighted by atomic mass is 9.46. The van der Waals surface area contributed by atoms with Crippen molar-refractivity contribution < 1.29 is 167 Å². The standard InChI is InChI=1S/C64H98O34/c1-22-16-87-64(53(80)47(22)93-56-45(78)42(75)48(23(2)88-56)94-57-44(77)41(74)40(73)36(15-65)91-57)32(17-83-25(4)67)38-35(98-64)14-31-29-9-8-27-12-28(69)13-37(62(27,7)30(29)10-11-61(31,38)6)92-59-52(50(34(71)19-85-59)95-55-43(76)39(72)33(70)18-84-55)97-58-46(79)51(49(24(3)89-58)90-26(5)68)96-60-54(81)63(82,20-66)21-86-60/h8,23-24,28-60,65-66,69-82H,1,9-21H2,2-7H3/t23-,24+,28-,29?,30?,31?,32?,33-,34+,35+,36-,37-,38+,39+,40-,41+,42-,43-,44-,45-,46-,47+,48+,49+,50+,51+,52-,53+,54+,55+,56+,57+,58+,59+,60+,61+,62+,63-,64?/m1/s1. The molecule has 0 aromatic carbocycles. The van der Waals surface area contributed by atoms with Crippen molar-refractivity contribution in [3.63, 3.8) is 0 Å². The van der Waals surface area contributed by atoms with Crippen LogP contribution in [-0.2, 0) is 85.4 Å². The van der Waals surface area contributed by atoms with Gasteiger partial charge in [-0.1, -0.05) is 32.1 Å². The number of carbonyl (C=O) groups excluding carboxylic acids is 2. The Morgan fingerprint density at radius 3 is 1.95 bits per heavy atom. The Morgan fingerprint density at radius 2 is 1.27 bits per heavy atom. The Kier molecular flexibility index (Phi) is 22.1. The van der Waals surface area contributed by atoms with E-state index in [9.17, 15) is 91.3 Å². The van der Waals surface area contributed by atoms with Gasteiger partial charge in [0, 0.05) is 31.6 Å². The SMILES string of the molecule is C=C1COC2(O[C@H]3CC4C5CC=C6C[C@@H](O)C[C@@H](O[C@@H]7OC[C@H](O)[C@H](O[C@@H]8OC[C@@H](O)[C@H](O)[C@H]8O)[C@H]7O[C@@H]7O[C@@H](C)[C@H](OC(C)=O)[C@@H](O[C@@H]8OC[C@](O)(CO)[C@H]8O)[C@H]7O)[C@]6(C)C5CC[C@]4(C)[C@H]3C2COC(C)=O)[C@@H](O)[C@H]1O[C@@H]1O[C@H](C)[C@H](O[C@@H]2O[C@H](CO)[C@@H](O)[C@H](O)[C@H]2O)[C@H](O)[C@H]1O. The molecule has 12 aliphatic rings. The highest BCUT2D eigenvalue weighted by atomic mass is 16.8. The van der Waals surface area contributed by atoms with Gasteiger partial charge >= 0.3 is 11.9 Å². The summed E-state index contributed by atoms with van der Waals surface area (Å²) in [5.74, 6) is -5.01. The van der Waals surface area contributed by atoms with E-state index >= 15 is 0 Å². The summed E-state index contributed by atoms with van der Waals surface area (Å²) >= 11 is 0. The molecule has 3 saturated carbocycles. The molecular formula is C64H98O34. The van der Waals surface area contributed by atoms with Crippen LogP contribution >= 0.6 is 0 Å². The number of aliphatic hydroxyl groups excluding tert-OH is 15. The zero-order valence-electron chi connectivity index (χ0n) is 55.2. The third kappa shape index (κ3) is 13.2. The van der Waals surface area contributed by atoms with Crippen LogP contribution in [0.15, 0.2) is 23.8 Å². The van der Waals surface area contributed by atoms with Crippen LogP contribution in [-0.4, -0.2) is 336 Å². The molecule has 0 aromatic heterocycles. The maximum Gasteiger partial charge on any atom is 0.303 e. The van der Waals surface area contributed by atoms with Crippen LogP contribution in [0.25, 0.3) is 0 Å². The second-order valence-corrected chi connectivity index (χ2v) is 29.4. The van der Waals surface area contributed by atoms with Crippen molar-refractivity contribution in [2.45, 2.75) is 276 Å². The number of ether oxygens (including phenoxy) is 16. The second kappa shape index (κ2) is 28.9. The minimum Gasteiger partial charge on any atom is -0.465 e. The highest BCUT2D eigenvalue weighted by molar-refractivity contribution is 5.66. The number of carbonyl (C=O) groups is 2. The Balaban J connectivity index is 0.794. The first kappa shape index (κ1) is 74.9. The third-order valence-electron chi connectivity index (χ3n) is 23.4. The fraction of sp³-hybridized carbons (Fsp3) is 0.906.